The van der Waals surface area contributed by atoms with E-state index in [0.29, 0.717) is 0 Å². The summed E-state index contributed by atoms with van der Waals surface area (Å²) in [7, 11) is 1.87. The van der Waals surface area contributed by atoms with Gasteiger partial charge < -0.3 is 10.6 Å². The van der Waals surface area contributed by atoms with Crippen LogP contribution in [0.15, 0.2) is 4.99 Å². The average molecular weight is 237 g/mol. The van der Waals surface area contributed by atoms with Crippen LogP contribution in [0.25, 0.3) is 0 Å². The first-order valence-electron chi connectivity index (χ1n) is 7.22. The van der Waals surface area contributed by atoms with Crippen molar-refractivity contribution >= 4 is 5.96 Å². The lowest BCUT2D eigenvalue weighted by atomic mass is 9.82. The van der Waals surface area contributed by atoms with E-state index in [4.69, 9.17) is 0 Å². The molecule has 2 fully saturated rings. The predicted octanol–water partition coefficient (Wildman–Crippen LogP) is 2.39. The summed E-state index contributed by atoms with van der Waals surface area (Å²) in [5.74, 6) is 3.66. The van der Waals surface area contributed by atoms with Crippen molar-refractivity contribution in [1.82, 2.24) is 10.6 Å². The Kier molecular flexibility index (Phi) is 4.69. The molecule has 0 amide bonds. The van der Waals surface area contributed by atoms with Gasteiger partial charge in [0.25, 0.3) is 0 Å². The van der Waals surface area contributed by atoms with Crippen LogP contribution in [-0.2, 0) is 0 Å². The zero-order chi connectivity index (χ0) is 12.1. The quantitative estimate of drug-likeness (QED) is 0.582. The molecule has 0 aromatic heterocycles. The fourth-order valence-corrected chi connectivity index (χ4v) is 2.77. The Hall–Kier alpha value is -0.730. The Labute approximate surface area is 105 Å². The van der Waals surface area contributed by atoms with Gasteiger partial charge in [-0.3, -0.25) is 4.99 Å². The Balaban J connectivity index is 1.64. The summed E-state index contributed by atoms with van der Waals surface area (Å²) >= 11 is 0. The molecule has 0 spiro atoms. The molecule has 0 saturated heterocycles. The molecule has 98 valence electrons. The third kappa shape index (κ3) is 4.57. The summed E-state index contributed by atoms with van der Waals surface area (Å²) in [4.78, 5) is 4.29. The largest absolute Gasteiger partial charge is 0.356 e. The highest BCUT2D eigenvalue weighted by Gasteiger charge is 2.22. The van der Waals surface area contributed by atoms with E-state index in [2.05, 4.69) is 22.5 Å². The van der Waals surface area contributed by atoms with Gasteiger partial charge in [0.2, 0.25) is 0 Å². The van der Waals surface area contributed by atoms with E-state index in [9.17, 15) is 0 Å². The summed E-state index contributed by atoms with van der Waals surface area (Å²) in [6.07, 6.45) is 8.38. The first kappa shape index (κ1) is 12.7. The summed E-state index contributed by atoms with van der Waals surface area (Å²) in [5, 5.41) is 6.90. The maximum atomic E-state index is 4.29. The second-order valence-corrected chi connectivity index (χ2v) is 5.92. The number of hydrogen-bond acceptors (Lipinski definition) is 1. The molecule has 0 aliphatic heterocycles. The van der Waals surface area contributed by atoms with Crippen LogP contribution < -0.4 is 10.6 Å². The third-order valence-corrected chi connectivity index (χ3v) is 4.08. The van der Waals surface area contributed by atoms with E-state index < -0.39 is 0 Å². The van der Waals surface area contributed by atoms with Crippen molar-refractivity contribution < 1.29 is 0 Å². The summed E-state index contributed by atoms with van der Waals surface area (Å²) in [5.41, 5.74) is 0. The minimum atomic E-state index is 0.846. The van der Waals surface area contributed by atoms with Gasteiger partial charge in [-0.15, -0.1) is 0 Å². The maximum Gasteiger partial charge on any atom is 0.190 e. The van der Waals surface area contributed by atoms with Gasteiger partial charge in [0.1, 0.15) is 0 Å². The minimum Gasteiger partial charge on any atom is -0.356 e. The molecule has 2 aliphatic carbocycles. The van der Waals surface area contributed by atoms with E-state index in [0.717, 1.165) is 36.8 Å². The van der Waals surface area contributed by atoms with Crippen molar-refractivity contribution in [1.29, 1.82) is 0 Å². The highest BCUT2D eigenvalue weighted by Crippen LogP contribution is 2.28. The normalized spacial score (nSPS) is 30.1. The van der Waals surface area contributed by atoms with E-state index >= 15 is 0 Å². The summed E-state index contributed by atoms with van der Waals surface area (Å²) in [6.45, 7) is 4.57. The summed E-state index contributed by atoms with van der Waals surface area (Å²) in [6, 6.07) is 0. The maximum absolute atomic E-state index is 4.29. The van der Waals surface area contributed by atoms with Gasteiger partial charge in [-0.25, -0.2) is 0 Å². The molecule has 3 nitrogen and oxygen atoms in total. The molecule has 2 aliphatic rings. The van der Waals surface area contributed by atoms with E-state index in [1.807, 2.05) is 7.05 Å². The molecule has 2 unspecified atom stereocenters. The first-order chi connectivity index (χ1) is 8.28. The number of nitrogens with zero attached hydrogens (tertiary/aromatic N) is 1. The van der Waals surface area contributed by atoms with Gasteiger partial charge in [-0.1, -0.05) is 19.8 Å². The molecule has 0 aromatic rings. The number of aliphatic imine (C=N–C) groups is 1. The molecule has 2 saturated carbocycles. The van der Waals surface area contributed by atoms with Crippen LogP contribution in [0, 0.1) is 17.8 Å². The van der Waals surface area contributed by atoms with Gasteiger partial charge in [-0.2, -0.15) is 0 Å². The fourth-order valence-electron chi connectivity index (χ4n) is 2.77. The van der Waals surface area contributed by atoms with Crippen LogP contribution in [0.4, 0.5) is 0 Å². The monoisotopic (exact) mass is 237 g/mol. The SMILES string of the molecule is CN=C(NCC1CC1)NCC1CCCC(C)C1. The van der Waals surface area contributed by atoms with Crippen LogP contribution in [0.5, 0.6) is 0 Å². The zero-order valence-electron chi connectivity index (χ0n) is 11.3. The lowest BCUT2D eigenvalue weighted by molar-refractivity contribution is 0.282. The lowest BCUT2D eigenvalue weighted by Gasteiger charge is -2.27. The van der Waals surface area contributed by atoms with Crippen molar-refractivity contribution in [3.8, 4) is 0 Å². The van der Waals surface area contributed by atoms with Gasteiger partial charge >= 0.3 is 0 Å². The second-order valence-electron chi connectivity index (χ2n) is 5.92. The Morgan fingerprint density at radius 2 is 1.76 bits per heavy atom. The molecule has 0 aromatic carbocycles. The topological polar surface area (TPSA) is 36.4 Å². The van der Waals surface area contributed by atoms with Crippen LogP contribution >= 0.6 is 0 Å². The molecular formula is C14H27N3. The molecule has 0 radical (unpaired) electrons. The fraction of sp³-hybridized carbons (Fsp3) is 0.929. The first-order valence-corrected chi connectivity index (χ1v) is 7.22. The molecule has 2 N–H and O–H groups in total. The van der Waals surface area contributed by atoms with Crippen LogP contribution in [0.1, 0.15) is 45.4 Å². The lowest BCUT2D eigenvalue weighted by Crippen LogP contribution is -2.41. The van der Waals surface area contributed by atoms with Crippen LogP contribution in [0.3, 0.4) is 0 Å². The predicted molar refractivity (Wildman–Crippen MR) is 73.2 cm³/mol. The number of nitrogens with one attached hydrogen (secondary N) is 2. The molecule has 3 heteroatoms. The van der Waals surface area contributed by atoms with E-state index in [1.54, 1.807) is 0 Å². The second kappa shape index (κ2) is 6.27. The Morgan fingerprint density at radius 1 is 1.06 bits per heavy atom. The number of hydrogen-bond donors (Lipinski definition) is 2. The molecule has 2 rings (SSSR count). The van der Waals surface area contributed by atoms with E-state index in [1.165, 1.54) is 38.5 Å². The van der Waals surface area contributed by atoms with Crippen molar-refractivity contribution in [3.05, 3.63) is 0 Å². The Morgan fingerprint density at radius 3 is 2.35 bits per heavy atom. The van der Waals surface area contributed by atoms with Crippen molar-refractivity contribution in [3.63, 3.8) is 0 Å². The highest BCUT2D eigenvalue weighted by molar-refractivity contribution is 5.79. The van der Waals surface area contributed by atoms with Gasteiger partial charge in [-0.05, 0) is 43.4 Å². The number of guanidine groups is 1. The molecule has 0 heterocycles. The number of rotatable bonds is 4. The van der Waals surface area contributed by atoms with Crippen molar-refractivity contribution in [2.24, 2.45) is 22.7 Å². The third-order valence-electron chi connectivity index (χ3n) is 4.08. The molecule has 0 bridgehead atoms. The standard InChI is InChI=1S/C14H27N3/c1-11-4-3-5-13(8-11)10-17-14(15-2)16-9-12-6-7-12/h11-13H,3-10H2,1-2H3,(H2,15,16,17). The molecular weight excluding hydrogens is 210 g/mol. The van der Waals surface area contributed by atoms with Crippen molar-refractivity contribution in [2.75, 3.05) is 20.1 Å². The molecule has 2 atom stereocenters. The van der Waals surface area contributed by atoms with Gasteiger partial charge in [0.15, 0.2) is 5.96 Å². The summed E-state index contributed by atoms with van der Waals surface area (Å²) < 4.78 is 0. The van der Waals surface area contributed by atoms with Gasteiger partial charge in [0.05, 0.1) is 0 Å². The molecule has 17 heavy (non-hydrogen) atoms. The Bertz CT molecular complexity index is 258. The van der Waals surface area contributed by atoms with Crippen LogP contribution in [-0.4, -0.2) is 26.1 Å². The van der Waals surface area contributed by atoms with E-state index in [-0.39, 0.29) is 0 Å². The zero-order valence-corrected chi connectivity index (χ0v) is 11.3. The highest BCUT2D eigenvalue weighted by atomic mass is 15.2. The van der Waals surface area contributed by atoms with Gasteiger partial charge in [0, 0.05) is 20.1 Å². The smallest absolute Gasteiger partial charge is 0.190 e. The minimum absolute atomic E-state index is 0.846. The average Bonchev–Trinajstić information content (AvgIpc) is 3.13. The van der Waals surface area contributed by atoms with Crippen molar-refractivity contribution in [2.45, 2.75) is 45.4 Å². The van der Waals surface area contributed by atoms with Crippen LogP contribution in [0.2, 0.25) is 0 Å².